The quantitative estimate of drug-likeness (QED) is 0.676. The van der Waals surface area contributed by atoms with E-state index >= 15 is 0 Å². The third-order valence-corrected chi connectivity index (χ3v) is 2.80. The molecule has 0 aliphatic heterocycles. The van der Waals surface area contributed by atoms with E-state index in [0.29, 0.717) is 12.5 Å². The summed E-state index contributed by atoms with van der Waals surface area (Å²) in [6, 6.07) is 1.74. The van der Waals surface area contributed by atoms with E-state index in [1.54, 1.807) is 19.9 Å². The van der Waals surface area contributed by atoms with Gasteiger partial charge in [0.2, 0.25) is 5.78 Å². The maximum atomic E-state index is 12.6. The average molecular weight is 204 g/mol. The molecule has 4 heteroatoms. The van der Waals surface area contributed by atoms with Gasteiger partial charge in [0.1, 0.15) is 0 Å². The van der Waals surface area contributed by atoms with Crippen molar-refractivity contribution in [3.05, 3.63) is 21.4 Å². The van der Waals surface area contributed by atoms with Crippen molar-refractivity contribution in [1.29, 1.82) is 0 Å². The molecule has 72 valence electrons. The van der Waals surface area contributed by atoms with E-state index in [-0.39, 0.29) is 4.88 Å². The van der Waals surface area contributed by atoms with Crippen LogP contribution in [0.4, 0.5) is 8.78 Å². The Bertz CT molecular complexity index is 336. The Hall–Kier alpha value is -0.770. The summed E-state index contributed by atoms with van der Waals surface area (Å²) in [6.45, 7) is 4.09. The number of alkyl halides is 2. The molecule has 0 aromatic carbocycles. The minimum absolute atomic E-state index is 0.171. The highest BCUT2D eigenvalue weighted by Gasteiger charge is 2.35. The Balaban J connectivity index is 3.09. The van der Waals surface area contributed by atoms with Gasteiger partial charge in [-0.2, -0.15) is 8.78 Å². The van der Waals surface area contributed by atoms with Crippen molar-refractivity contribution in [3.63, 3.8) is 0 Å². The number of halogens is 2. The number of hydrogen-bond acceptors (Lipinski definition) is 2. The normalized spacial score (nSPS) is 11.8. The fourth-order valence-corrected chi connectivity index (χ4v) is 2.12. The molecule has 1 heterocycles. The summed E-state index contributed by atoms with van der Waals surface area (Å²) in [5.74, 6) is -4.34. The minimum Gasteiger partial charge on any atom is -0.286 e. The first-order chi connectivity index (χ1) is 5.82. The molecule has 1 aromatic heterocycles. The van der Waals surface area contributed by atoms with Gasteiger partial charge in [0.25, 0.3) is 0 Å². The smallest absolute Gasteiger partial charge is 0.286 e. The van der Waals surface area contributed by atoms with E-state index in [9.17, 15) is 13.6 Å². The van der Waals surface area contributed by atoms with Crippen LogP contribution < -0.4 is 0 Å². The van der Waals surface area contributed by atoms with Crippen LogP contribution in [0.3, 0.4) is 0 Å². The second-order valence-corrected chi connectivity index (χ2v) is 4.34. The fourth-order valence-electron chi connectivity index (χ4n) is 1.07. The Labute approximate surface area is 79.4 Å². The SMILES string of the molecule is Cc1cc(C)c(C(=O)C(C)(F)F)s1. The first-order valence-corrected chi connectivity index (χ1v) is 4.63. The van der Waals surface area contributed by atoms with Crippen molar-refractivity contribution < 1.29 is 13.6 Å². The number of ketones is 1. The van der Waals surface area contributed by atoms with Gasteiger partial charge in [0.15, 0.2) is 0 Å². The first kappa shape index (κ1) is 10.3. The topological polar surface area (TPSA) is 17.1 Å². The van der Waals surface area contributed by atoms with Crippen LogP contribution in [0.25, 0.3) is 0 Å². The van der Waals surface area contributed by atoms with Crippen molar-refractivity contribution >= 4 is 17.1 Å². The van der Waals surface area contributed by atoms with Crippen LogP contribution in [0.15, 0.2) is 6.07 Å². The molecule has 0 aliphatic carbocycles. The number of hydrogen-bond donors (Lipinski definition) is 0. The molecule has 0 bridgehead atoms. The zero-order valence-corrected chi connectivity index (χ0v) is 8.47. The maximum Gasteiger partial charge on any atom is 0.307 e. The summed E-state index contributed by atoms with van der Waals surface area (Å²) in [6.07, 6.45) is 0. The molecule has 0 radical (unpaired) electrons. The predicted octanol–water partition coefficient (Wildman–Crippen LogP) is 3.20. The number of carbonyl (C=O) groups is 1. The van der Waals surface area contributed by atoms with E-state index in [1.165, 1.54) is 0 Å². The van der Waals surface area contributed by atoms with Gasteiger partial charge in [-0.3, -0.25) is 4.79 Å². The number of aryl methyl sites for hydroxylation is 2. The van der Waals surface area contributed by atoms with E-state index < -0.39 is 11.7 Å². The molecule has 13 heavy (non-hydrogen) atoms. The summed E-state index contributed by atoms with van der Waals surface area (Å²) in [7, 11) is 0. The molecule has 0 amide bonds. The molecule has 0 fully saturated rings. The lowest BCUT2D eigenvalue weighted by Gasteiger charge is -2.07. The molecular formula is C9H10F2OS. The molecule has 1 nitrogen and oxygen atoms in total. The van der Waals surface area contributed by atoms with Crippen LogP contribution in [0, 0.1) is 13.8 Å². The van der Waals surface area contributed by atoms with Gasteiger partial charge in [0.05, 0.1) is 4.88 Å². The van der Waals surface area contributed by atoms with Crippen molar-refractivity contribution in [2.24, 2.45) is 0 Å². The van der Waals surface area contributed by atoms with Crippen LogP contribution in [-0.2, 0) is 0 Å². The summed E-state index contributed by atoms with van der Waals surface area (Å²) < 4.78 is 25.3. The largest absolute Gasteiger partial charge is 0.307 e. The number of carbonyl (C=O) groups excluding carboxylic acids is 1. The Kier molecular flexibility index (Phi) is 2.52. The molecular weight excluding hydrogens is 194 g/mol. The molecule has 0 atom stereocenters. The van der Waals surface area contributed by atoms with E-state index in [1.807, 2.05) is 0 Å². The third-order valence-electron chi connectivity index (χ3n) is 1.65. The molecule has 0 unspecified atom stereocenters. The average Bonchev–Trinajstić information content (AvgIpc) is 2.26. The molecule has 0 spiro atoms. The Morgan fingerprint density at radius 3 is 2.31 bits per heavy atom. The van der Waals surface area contributed by atoms with Crippen molar-refractivity contribution in [2.75, 3.05) is 0 Å². The second kappa shape index (κ2) is 3.18. The van der Waals surface area contributed by atoms with Crippen molar-refractivity contribution in [1.82, 2.24) is 0 Å². The van der Waals surface area contributed by atoms with Crippen molar-refractivity contribution in [2.45, 2.75) is 26.7 Å². The first-order valence-electron chi connectivity index (χ1n) is 3.82. The summed E-state index contributed by atoms with van der Waals surface area (Å²) in [5.41, 5.74) is 0.633. The molecule has 0 N–H and O–H groups in total. The predicted molar refractivity (Wildman–Crippen MR) is 48.7 cm³/mol. The third kappa shape index (κ3) is 2.12. The van der Waals surface area contributed by atoms with E-state index in [4.69, 9.17) is 0 Å². The van der Waals surface area contributed by atoms with Gasteiger partial charge >= 0.3 is 5.92 Å². The van der Waals surface area contributed by atoms with Crippen molar-refractivity contribution in [3.8, 4) is 0 Å². The minimum atomic E-state index is -3.26. The molecule has 0 saturated carbocycles. The number of thiophene rings is 1. The Morgan fingerprint density at radius 1 is 1.46 bits per heavy atom. The maximum absolute atomic E-state index is 12.6. The van der Waals surface area contributed by atoms with Gasteiger partial charge < -0.3 is 0 Å². The molecule has 0 saturated heterocycles. The lowest BCUT2D eigenvalue weighted by Crippen LogP contribution is -2.23. The summed E-state index contributed by atoms with van der Waals surface area (Å²) in [4.78, 5) is 12.2. The zero-order chi connectivity index (χ0) is 10.2. The van der Waals surface area contributed by atoms with E-state index in [2.05, 4.69) is 0 Å². The standard InChI is InChI=1S/C9H10F2OS/c1-5-4-6(2)13-7(5)8(12)9(3,10)11/h4H,1-3H3. The highest BCUT2D eigenvalue weighted by Crippen LogP contribution is 2.27. The van der Waals surface area contributed by atoms with Crippen LogP contribution >= 0.6 is 11.3 Å². The molecule has 1 aromatic rings. The second-order valence-electron chi connectivity index (χ2n) is 3.09. The molecule has 1 rings (SSSR count). The van der Waals surface area contributed by atoms with Gasteiger partial charge in [-0.1, -0.05) is 0 Å². The fraction of sp³-hybridized carbons (Fsp3) is 0.444. The summed E-state index contributed by atoms with van der Waals surface area (Å²) in [5, 5.41) is 0. The van der Waals surface area contributed by atoms with Gasteiger partial charge in [-0.25, -0.2) is 0 Å². The van der Waals surface area contributed by atoms with Gasteiger partial charge in [-0.15, -0.1) is 11.3 Å². The lowest BCUT2D eigenvalue weighted by atomic mass is 10.1. The zero-order valence-electron chi connectivity index (χ0n) is 7.65. The van der Waals surface area contributed by atoms with Crippen LogP contribution in [0.1, 0.15) is 27.0 Å². The Morgan fingerprint density at radius 2 is 2.00 bits per heavy atom. The number of rotatable bonds is 2. The van der Waals surface area contributed by atoms with Crippen LogP contribution in [0.2, 0.25) is 0 Å². The van der Waals surface area contributed by atoms with Crippen LogP contribution in [0.5, 0.6) is 0 Å². The highest BCUT2D eigenvalue weighted by molar-refractivity contribution is 7.14. The number of Topliss-reactive ketones (excluding diaryl/α,β-unsaturated/α-hetero) is 1. The lowest BCUT2D eigenvalue weighted by molar-refractivity contribution is 0.0225. The van der Waals surface area contributed by atoms with Gasteiger partial charge in [0, 0.05) is 11.8 Å². The summed E-state index contributed by atoms with van der Waals surface area (Å²) >= 11 is 1.12. The monoisotopic (exact) mass is 204 g/mol. The van der Waals surface area contributed by atoms with Gasteiger partial charge in [-0.05, 0) is 25.5 Å². The van der Waals surface area contributed by atoms with E-state index in [0.717, 1.165) is 16.2 Å². The highest BCUT2D eigenvalue weighted by atomic mass is 32.1. The van der Waals surface area contributed by atoms with Crippen LogP contribution in [-0.4, -0.2) is 11.7 Å². The molecule has 0 aliphatic rings.